The number of aromatic amines is 1. The van der Waals surface area contributed by atoms with Gasteiger partial charge in [0.15, 0.2) is 0 Å². The van der Waals surface area contributed by atoms with E-state index in [2.05, 4.69) is 9.97 Å². The van der Waals surface area contributed by atoms with Crippen LogP contribution in [0.3, 0.4) is 0 Å². The van der Waals surface area contributed by atoms with Crippen molar-refractivity contribution in [3.63, 3.8) is 0 Å². The van der Waals surface area contributed by atoms with E-state index in [0.717, 1.165) is 5.82 Å². The fraction of sp³-hybridized carbons (Fsp3) is 0.714. The van der Waals surface area contributed by atoms with E-state index >= 15 is 0 Å². The van der Waals surface area contributed by atoms with Crippen molar-refractivity contribution in [1.82, 2.24) is 9.97 Å². The van der Waals surface area contributed by atoms with Crippen molar-refractivity contribution in [3.8, 4) is 0 Å². The van der Waals surface area contributed by atoms with Crippen LogP contribution in [0.4, 0.5) is 0 Å². The van der Waals surface area contributed by atoms with Crippen LogP contribution in [0.15, 0.2) is 6.07 Å². The van der Waals surface area contributed by atoms with E-state index in [4.69, 9.17) is 17.0 Å². The molecule has 0 radical (unpaired) electrons. The summed E-state index contributed by atoms with van der Waals surface area (Å²) in [6, 6.07) is 2.04. The zero-order chi connectivity index (χ0) is 12.5. The molecule has 1 heterocycles. The standard InChI is InChI=1S/C14H20N2OS/c1-17-13(10-6-7-10)14-15-11(8-12(18)16-14)9-4-2-3-5-9/h8-10,13H,2-7H2,1H3,(H,15,16,18). The number of hydrogen-bond donors (Lipinski definition) is 1. The average Bonchev–Trinajstić information content (AvgIpc) is 3.04. The lowest BCUT2D eigenvalue weighted by Gasteiger charge is -2.17. The molecular weight excluding hydrogens is 244 g/mol. The van der Waals surface area contributed by atoms with Crippen LogP contribution in [-0.2, 0) is 4.74 Å². The molecule has 2 fully saturated rings. The second kappa shape index (κ2) is 5.10. The van der Waals surface area contributed by atoms with Gasteiger partial charge in [0.2, 0.25) is 0 Å². The summed E-state index contributed by atoms with van der Waals surface area (Å²) in [5.41, 5.74) is 1.27. The zero-order valence-corrected chi connectivity index (χ0v) is 11.6. The molecule has 3 nitrogen and oxygen atoms in total. The minimum absolute atomic E-state index is 0.105. The van der Waals surface area contributed by atoms with E-state index in [-0.39, 0.29) is 6.10 Å². The smallest absolute Gasteiger partial charge is 0.137 e. The van der Waals surface area contributed by atoms with E-state index < -0.39 is 0 Å². The number of nitrogens with one attached hydrogen (secondary N) is 1. The predicted octanol–water partition coefficient (Wildman–Crippen LogP) is 3.89. The molecule has 0 saturated heterocycles. The molecule has 2 saturated carbocycles. The molecule has 2 aliphatic rings. The van der Waals surface area contributed by atoms with Gasteiger partial charge in [-0.1, -0.05) is 25.1 Å². The highest BCUT2D eigenvalue weighted by Gasteiger charge is 2.34. The molecule has 0 spiro atoms. The highest BCUT2D eigenvalue weighted by Crippen LogP contribution is 2.42. The summed E-state index contributed by atoms with van der Waals surface area (Å²) >= 11 is 5.31. The molecule has 1 atom stereocenters. The Morgan fingerprint density at radius 1 is 1.33 bits per heavy atom. The number of hydrogen-bond acceptors (Lipinski definition) is 3. The highest BCUT2D eigenvalue weighted by molar-refractivity contribution is 7.71. The molecule has 0 aliphatic heterocycles. The van der Waals surface area contributed by atoms with E-state index in [1.54, 1.807) is 7.11 Å². The summed E-state index contributed by atoms with van der Waals surface area (Å²) in [7, 11) is 1.77. The van der Waals surface area contributed by atoms with Crippen molar-refractivity contribution < 1.29 is 4.74 Å². The molecule has 1 unspecified atom stereocenters. The summed E-state index contributed by atoms with van der Waals surface area (Å²) in [6.07, 6.45) is 7.81. The third-order valence-electron chi connectivity index (χ3n) is 4.15. The van der Waals surface area contributed by atoms with Gasteiger partial charge in [-0.3, -0.25) is 0 Å². The summed E-state index contributed by atoms with van der Waals surface area (Å²) in [4.78, 5) is 7.97. The van der Waals surface area contributed by atoms with E-state index in [1.807, 2.05) is 6.07 Å². The van der Waals surface area contributed by atoms with Crippen LogP contribution < -0.4 is 0 Å². The van der Waals surface area contributed by atoms with Crippen LogP contribution in [0.5, 0.6) is 0 Å². The Morgan fingerprint density at radius 2 is 2.06 bits per heavy atom. The van der Waals surface area contributed by atoms with Crippen LogP contribution in [0.1, 0.15) is 62.1 Å². The van der Waals surface area contributed by atoms with Crippen LogP contribution in [-0.4, -0.2) is 17.1 Å². The van der Waals surface area contributed by atoms with Gasteiger partial charge in [0, 0.05) is 12.8 Å². The van der Waals surface area contributed by atoms with Crippen LogP contribution in [0.25, 0.3) is 0 Å². The molecular formula is C14H20N2OS. The SMILES string of the molecule is COC(c1nc(=S)cc(C2CCCC2)[nH]1)C1CC1. The summed E-state index contributed by atoms with van der Waals surface area (Å²) < 4.78 is 6.30. The van der Waals surface area contributed by atoms with Gasteiger partial charge in [-0.15, -0.1) is 0 Å². The van der Waals surface area contributed by atoms with E-state index in [0.29, 0.717) is 16.5 Å². The Labute approximate surface area is 113 Å². The fourth-order valence-corrected chi connectivity index (χ4v) is 3.24. The third-order valence-corrected chi connectivity index (χ3v) is 4.36. The maximum absolute atomic E-state index is 5.59. The average molecular weight is 264 g/mol. The molecule has 0 bridgehead atoms. The maximum atomic E-state index is 5.59. The third kappa shape index (κ3) is 2.50. The minimum Gasteiger partial charge on any atom is -0.373 e. The van der Waals surface area contributed by atoms with Gasteiger partial charge >= 0.3 is 0 Å². The first-order valence-electron chi connectivity index (χ1n) is 6.92. The highest BCUT2D eigenvalue weighted by atomic mass is 32.1. The van der Waals surface area contributed by atoms with Gasteiger partial charge in [-0.25, -0.2) is 4.98 Å². The summed E-state index contributed by atoms with van der Waals surface area (Å²) in [5.74, 6) is 2.21. The number of nitrogens with zero attached hydrogens (tertiary/aromatic N) is 1. The normalized spacial score (nSPS) is 22.3. The van der Waals surface area contributed by atoms with Crippen LogP contribution in [0.2, 0.25) is 0 Å². The van der Waals surface area contributed by atoms with Crippen LogP contribution in [0, 0.1) is 10.6 Å². The second-order valence-electron chi connectivity index (χ2n) is 5.54. The molecule has 0 amide bonds. The first-order valence-corrected chi connectivity index (χ1v) is 7.32. The number of rotatable bonds is 4. The van der Waals surface area contributed by atoms with Crippen molar-refractivity contribution in [2.75, 3.05) is 7.11 Å². The first-order chi connectivity index (χ1) is 8.78. The van der Waals surface area contributed by atoms with Crippen molar-refractivity contribution in [2.45, 2.75) is 50.5 Å². The lowest BCUT2D eigenvalue weighted by Crippen LogP contribution is -2.11. The fourth-order valence-electron chi connectivity index (χ4n) is 3.01. The molecule has 0 aromatic carbocycles. The Hall–Kier alpha value is -0.740. The molecule has 3 rings (SSSR count). The molecule has 18 heavy (non-hydrogen) atoms. The quantitative estimate of drug-likeness (QED) is 0.838. The van der Waals surface area contributed by atoms with Crippen molar-refractivity contribution in [2.24, 2.45) is 5.92 Å². The lowest BCUT2D eigenvalue weighted by atomic mass is 10.0. The number of methoxy groups -OCH3 is 1. The number of aromatic nitrogens is 2. The van der Waals surface area contributed by atoms with Crippen molar-refractivity contribution >= 4 is 12.2 Å². The molecule has 1 aromatic heterocycles. The maximum Gasteiger partial charge on any atom is 0.137 e. The topological polar surface area (TPSA) is 37.9 Å². The van der Waals surface area contributed by atoms with Gasteiger partial charge < -0.3 is 9.72 Å². The van der Waals surface area contributed by atoms with Gasteiger partial charge in [0.05, 0.1) is 0 Å². The Bertz CT molecular complexity index is 475. The Balaban J connectivity index is 1.91. The Morgan fingerprint density at radius 3 is 2.67 bits per heavy atom. The van der Waals surface area contributed by atoms with Gasteiger partial charge in [0.1, 0.15) is 16.6 Å². The van der Waals surface area contributed by atoms with Gasteiger partial charge in [-0.2, -0.15) is 0 Å². The molecule has 1 aromatic rings. The summed E-state index contributed by atoms with van der Waals surface area (Å²) in [6.45, 7) is 0. The van der Waals surface area contributed by atoms with Crippen molar-refractivity contribution in [1.29, 1.82) is 0 Å². The van der Waals surface area contributed by atoms with Gasteiger partial charge in [-0.05, 0) is 43.6 Å². The van der Waals surface area contributed by atoms with Crippen molar-refractivity contribution in [3.05, 3.63) is 22.2 Å². The van der Waals surface area contributed by atoms with E-state index in [1.165, 1.54) is 44.2 Å². The molecule has 98 valence electrons. The monoisotopic (exact) mass is 264 g/mol. The van der Waals surface area contributed by atoms with Crippen LogP contribution >= 0.6 is 12.2 Å². The number of ether oxygens (including phenoxy) is 1. The second-order valence-corrected chi connectivity index (χ2v) is 5.95. The largest absolute Gasteiger partial charge is 0.373 e. The number of H-pyrrole nitrogens is 1. The Kier molecular flexibility index (Phi) is 3.48. The first kappa shape index (κ1) is 12.3. The zero-order valence-electron chi connectivity index (χ0n) is 10.8. The van der Waals surface area contributed by atoms with E-state index in [9.17, 15) is 0 Å². The lowest BCUT2D eigenvalue weighted by molar-refractivity contribution is 0.0768. The molecule has 1 N–H and O–H groups in total. The molecule has 4 heteroatoms. The summed E-state index contributed by atoms with van der Waals surface area (Å²) in [5, 5.41) is 0. The predicted molar refractivity (Wildman–Crippen MR) is 73.1 cm³/mol. The molecule has 2 aliphatic carbocycles. The minimum atomic E-state index is 0.105. The van der Waals surface area contributed by atoms with Gasteiger partial charge in [0.25, 0.3) is 0 Å².